The number of rotatable bonds is 2. The molecular formula is C11H15ClN2O2S. The second-order valence-electron chi connectivity index (χ2n) is 4.19. The van der Waals surface area contributed by atoms with Crippen LogP contribution in [-0.2, 0) is 22.9 Å². The Kier molecular flexibility index (Phi) is 3.61. The van der Waals surface area contributed by atoms with E-state index >= 15 is 0 Å². The van der Waals surface area contributed by atoms with Crippen LogP contribution in [0.4, 0.5) is 5.69 Å². The molecule has 0 aromatic heterocycles. The maximum Gasteiger partial charge on any atom is 0.229 e. The molecule has 0 bridgehead atoms. The van der Waals surface area contributed by atoms with Crippen LogP contribution in [0.25, 0.3) is 0 Å². The van der Waals surface area contributed by atoms with E-state index in [4.69, 9.17) is 11.6 Å². The quantitative estimate of drug-likeness (QED) is 0.857. The lowest BCUT2D eigenvalue weighted by molar-refractivity contribution is 0.607. The Morgan fingerprint density at radius 2 is 2.00 bits per heavy atom. The number of nitrogens with one attached hydrogen (secondary N) is 2. The van der Waals surface area contributed by atoms with Crippen molar-refractivity contribution in [3.05, 3.63) is 28.3 Å². The van der Waals surface area contributed by atoms with Crippen molar-refractivity contribution in [2.75, 3.05) is 24.1 Å². The molecule has 0 fully saturated rings. The van der Waals surface area contributed by atoms with E-state index in [1.54, 1.807) is 6.07 Å². The SMILES string of the molecule is CS(=O)(=O)Nc1ccc2c(c1Cl)CCNCC2. The molecule has 1 aliphatic rings. The van der Waals surface area contributed by atoms with Crippen LogP contribution >= 0.6 is 11.6 Å². The van der Waals surface area contributed by atoms with E-state index in [0.29, 0.717) is 10.7 Å². The van der Waals surface area contributed by atoms with Crippen LogP contribution in [0.5, 0.6) is 0 Å². The fraction of sp³-hybridized carbons (Fsp3) is 0.455. The van der Waals surface area contributed by atoms with Crippen molar-refractivity contribution in [1.82, 2.24) is 5.32 Å². The van der Waals surface area contributed by atoms with Gasteiger partial charge in [-0.15, -0.1) is 0 Å². The van der Waals surface area contributed by atoms with E-state index in [0.717, 1.165) is 37.8 Å². The van der Waals surface area contributed by atoms with Gasteiger partial charge >= 0.3 is 0 Å². The minimum absolute atomic E-state index is 0.467. The maximum absolute atomic E-state index is 11.2. The predicted molar refractivity (Wildman–Crippen MR) is 70.2 cm³/mol. The Morgan fingerprint density at radius 3 is 2.71 bits per heavy atom. The molecule has 0 saturated carbocycles. The lowest BCUT2D eigenvalue weighted by Gasteiger charge is -2.13. The van der Waals surface area contributed by atoms with Crippen LogP contribution in [0.3, 0.4) is 0 Å². The molecule has 4 nitrogen and oxygen atoms in total. The third-order valence-electron chi connectivity index (χ3n) is 2.76. The molecule has 0 amide bonds. The molecule has 0 radical (unpaired) electrons. The Bertz CT molecular complexity index is 529. The minimum atomic E-state index is -3.29. The van der Waals surface area contributed by atoms with Crippen molar-refractivity contribution in [3.63, 3.8) is 0 Å². The van der Waals surface area contributed by atoms with Crippen LogP contribution in [0.1, 0.15) is 11.1 Å². The highest BCUT2D eigenvalue weighted by Crippen LogP contribution is 2.30. The molecule has 6 heteroatoms. The van der Waals surface area contributed by atoms with E-state index in [2.05, 4.69) is 10.0 Å². The third-order valence-corrected chi connectivity index (χ3v) is 3.78. The van der Waals surface area contributed by atoms with Gasteiger partial charge in [-0.1, -0.05) is 17.7 Å². The number of fused-ring (bicyclic) bond motifs is 1. The van der Waals surface area contributed by atoms with Gasteiger partial charge < -0.3 is 5.32 Å². The summed E-state index contributed by atoms with van der Waals surface area (Å²) in [5.41, 5.74) is 2.71. The Hall–Kier alpha value is -0.780. The molecule has 0 saturated heterocycles. The van der Waals surface area contributed by atoms with E-state index in [-0.39, 0.29) is 0 Å². The van der Waals surface area contributed by atoms with E-state index in [9.17, 15) is 8.42 Å². The lowest BCUT2D eigenvalue weighted by atomic mass is 10.0. The number of anilines is 1. The topological polar surface area (TPSA) is 58.2 Å². The minimum Gasteiger partial charge on any atom is -0.316 e. The summed E-state index contributed by atoms with van der Waals surface area (Å²) in [4.78, 5) is 0. The van der Waals surface area contributed by atoms with Gasteiger partial charge in [0, 0.05) is 0 Å². The van der Waals surface area contributed by atoms with Crippen LogP contribution in [0.2, 0.25) is 5.02 Å². The standard InChI is InChI=1S/C11H15ClN2O2S/c1-17(15,16)14-10-3-2-8-4-6-13-7-5-9(8)11(10)12/h2-3,13-14H,4-7H2,1H3. The Labute approximate surface area is 106 Å². The number of hydrogen-bond acceptors (Lipinski definition) is 3. The van der Waals surface area contributed by atoms with Crippen molar-refractivity contribution in [3.8, 4) is 0 Å². The van der Waals surface area contributed by atoms with Gasteiger partial charge in [-0.2, -0.15) is 0 Å². The average molecular weight is 275 g/mol. The first-order valence-electron chi connectivity index (χ1n) is 5.46. The summed E-state index contributed by atoms with van der Waals surface area (Å²) in [5, 5.41) is 3.82. The van der Waals surface area contributed by atoms with Crippen molar-refractivity contribution in [2.24, 2.45) is 0 Å². The van der Waals surface area contributed by atoms with E-state index < -0.39 is 10.0 Å². The highest BCUT2D eigenvalue weighted by atomic mass is 35.5. The molecule has 0 aliphatic carbocycles. The van der Waals surface area contributed by atoms with E-state index in [1.165, 1.54) is 5.56 Å². The van der Waals surface area contributed by atoms with Gasteiger partial charge in [0.2, 0.25) is 10.0 Å². The molecule has 94 valence electrons. The molecule has 17 heavy (non-hydrogen) atoms. The van der Waals surface area contributed by atoms with Crippen molar-refractivity contribution in [2.45, 2.75) is 12.8 Å². The van der Waals surface area contributed by atoms with Gasteiger partial charge in [0.15, 0.2) is 0 Å². The van der Waals surface area contributed by atoms with Gasteiger partial charge in [0.05, 0.1) is 17.0 Å². The van der Waals surface area contributed by atoms with Crippen LogP contribution in [0, 0.1) is 0 Å². The van der Waals surface area contributed by atoms with E-state index in [1.807, 2.05) is 6.07 Å². The molecule has 1 aromatic carbocycles. The van der Waals surface area contributed by atoms with Gasteiger partial charge in [0.25, 0.3) is 0 Å². The van der Waals surface area contributed by atoms with Crippen molar-refractivity contribution < 1.29 is 8.42 Å². The monoisotopic (exact) mass is 274 g/mol. The zero-order chi connectivity index (χ0) is 12.5. The van der Waals surface area contributed by atoms with Crippen LogP contribution in [-0.4, -0.2) is 27.8 Å². The summed E-state index contributed by atoms with van der Waals surface area (Å²) in [5.74, 6) is 0. The fourth-order valence-electron chi connectivity index (χ4n) is 2.01. The molecular weight excluding hydrogens is 260 g/mol. The zero-order valence-corrected chi connectivity index (χ0v) is 11.2. The normalized spacial score (nSPS) is 16.1. The molecule has 2 N–H and O–H groups in total. The van der Waals surface area contributed by atoms with Crippen molar-refractivity contribution >= 4 is 27.3 Å². The van der Waals surface area contributed by atoms with Gasteiger partial charge in [-0.3, -0.25) is 4.72 Å². The number of benzene rings is 1. The molecule has 2 rings (SSSR count). The van der Waals surface area contributed by atoms with Crippen LogP contribution < -0.4 is 10.0 Å². The van der Waals surface area contributed by atoms with Gasteiger partial charge in [0.1, 0.15) is 0 Å². The van der Waals surface area contributed by atoms with Gasteiger partial charge in [-0.25, -0.2) is 8.42 Å². The first-order chi connectivity index (χ1) is 7.97. The Balaban J connectivity index is 2.41. The first kappa shape index (κ1) is 12.7. The highest BCUT2D eigenvalue weighted by Gasteiger charge is 2.15. The second-order valence-corrected chi connectivity index (χ2v) is 6.32. The molecule has 0 unspecified atom stereocenters. The average Bonchev–Trinajstić information content (AvgIpc) is 2.46. The molecule has 1 heterocycles. The molecule has 0 spiro atoms. The molecule has 0 atom stereocenters. The van der Waals surface area contributed by atoms with Gasteiger partial charge in [-0.05, 0) is 43.1 Å². The lowest BCUT2D eigenvalue weighted by Crippen LogP contribution is -2.16. The summed E-state index contributed by atoms with van der Waals surface area (Å²) in [6.45, 7) is 1.80. The summed E-state index contributed by atoms with van der Waals surface area (Å²) in [6, 6.07) is 3.68. The smallest absolute Gasteiger partial charge is 0.229 e. The summed E-state index contributed by atoms with van der Waals surface area (Å²) >= 11 is 6.25. The predicted octanol–water partition coefficient (Wildman–Crippen LogP) is 1.40. The molecule has 1 aromatic rings. The maximum atomic E-state index is 11.2. The number of hydrogen-bond donors (Lipinski definition) is 2. The number of sulfonamides is 1. The second kappa shape index (κ2) is 4.84. The largest absolute Gasteiger partial charge is 0.316 e. The Morgan fingerprint density at radius 1 is 1.29 bits per heavy atom. The summed E-state index contributed by atoms with van der Waals surface area (Å²) < 4.78 is 24.9. The molecule has 1 aliphatic heterocycles. The number of halogens is 1. The van der Waals surface area contributed by atoms with Crippen LogP contribution in [0.15, 0.2) is 12.1 Å². The third kappa shape index (κ3) is 3.12. The first-order valence-corrected chi connectivity index (χ1v) is 7.73. The zero-order valence-electron chi connectivity index (χ0n) is 9.59. The summed E-state index contributed by atoms with van der Waals surface area (Å²) in [7, 11) is -3.29. The highest BCUT2D eigenvalue weighted by molar-refractivity contribution is 7.92. The summed E-state index contributed by atoms with van der Waals surface area (Å²) in [6.07, 6.45) is 2.87. The fourth-order valence-corrected chi connectivity index (χ4v) is 2.96. The van der Waals surface area contributed by atoms with Crippen molar-refractivity contribution in [1.29, 1.82) is 0 Å².